The van der Waals surface area contributed by atoms with Gasteiger partial charge in [0.1, 0.15) is 5.83 Å². The maximum Gasteiger partial charge on any atom is 0.211 e. The predicted molar refractivity (Wildman–Crippen MR) is 40.2 cm³/mol. The molecule has 0 aliphatic carbocycles. The molecule has 64 valence electrons. The van der Waals surface area contributed by atoms with Crippen molar-refractivity contribution in [3.8, 4) is 0 Å². The van der Waals surface area contributed by atoms with Crippen molar-refractivity contribution in [2.75, 3.05) is 19.3 Å². The molecule has 3 nitrogen and oxygen atoms in total. The van der Waals surface area contributed by atoms with Gasteiger partial charge in [0.15, 0.2) is 0 Å². The van der Waals surface area contributed by atoms with Crippen LogP contribution in [0, 0.1) is 0 Å². The van der Waals surface area contributed by atoms with Crippen molar-refractivity contribution in [2.45, 2.75) is 6.42 Å². The summed E-state index contributed by atoms with van der Waals surface area (Å²) in [6, 6.07) is 0. The summed E-state index contributed by atoms with van der Waals surface area (Å²) in [4.78, 5) is 0. The number of rotatable bonds is 1. The van der Waals surface area contributed by atoms with Gasteiger partial charge in [-0.2, -0.15) is 4.31 Å². The van der Waals surface area contributed by atoms with Gasteiger partial charge in [0.25, 0.3) is 0 Å². The van der Waals surface area contributed by atoms with Gasteiger partial charge in [-0.15, -0.1) is 0 Å². The molecule has 0 aromatic carbocycles. The molecule has 0 N–H and O–H groups in total. The quantitative estimate of drug-likeness (QED) is 0.588. The van der Waals surface area contributed by atoms with Crippen LogP contribution in [-0.4, -0.2) is 32.1 Å². The fraction of sp³-hybridized carbons (Fsp3) is 0.667. The summed E-state index contributed by atoms with van der Waals surface area (Å²) in [7, 11) is -3.21. The highest BCUT2D eigenvalue weighted by Gasteiger charge is 2.20. The molecule has 0 amide bonds. The Morgan fingerprint density at radius 2 is 2.27 bits per heavy atom. The second-order valence-corrected chi connectivity index (χ2v) is 4.52. The lowest BCUT2D eigenvalue weighted by molar-refractivity contribution is 0.391. The zero-order chi connectivity index (χ0) is 8.48. The lowest BCUT2D eigenvalue weighted by atomic mass is 10.3. The van der Waals surface area contributed by atoms with Crippen molar-refractivity contribution in [3.05, 3.63) is 11.9 Å². The minimum absolute atomic E-state index is 0.0984. The standard InChI is InChI=1S/C6H10FNO2S/c1-11(9,10)8-4-2-3-6(7)5-8/h3H,2,4-5H2,1H3. The summed E-state index contributed by atoms with van der Waals surface area (Å²) in [6.45, 7) is 0.297. The normalized spacial score (nSPS) is 21.5. The first-order chi connectivity index (χ1) is 5.00. The lowest BCUT2D eigenvalue weighted by Crippen LogP contribution is -2.34. The number of nitrogens with zero attached hydrogens (tertiary/aromatic N) is 1. The summed E-state index contributed by atoms with van der Waals surface area (Å²) in [5.41, 5.74) is 0. The molecule has 0 atom stereocenters. The fourth-order valence-electron chi connectivity index (χ4n) is 0.960. The molecule has 0 spiro atoms. The molecule has 5 heteroatoms. The van der Waals surface area contributed by atoms with E-state index in [4.69, 9.17) is 0 Å². The summed E-state index contributed by atoms with van der Waals surface area (Å²) >= 11 is 0. The molecule has 1 aliphatic rings. The van der Waals surface area contributed by atoms with Gasteiger partial charge in [-0.05, 0) is 6.42 Å². The highest BCUT2D eigenvalue weighted by Crippen LogP contribution is 2.12. The highest BCUT2D eigenvalue weighted by atomic mass is 32.2. The van der Waals surface area contributed by atoms with E-state index in [0.717, 1.165) is 10.6 Å². The molecule has 11 heavy (non-hydrogen) atoms. The first kappa shape index (κ1) is 8.67. The molecule has 1 rings (SSSR count). The van der Waals surface area contributed by atoms with E-state index in [0.29, 0.717) is 13.0 Å². The Labute approximate surface area is 65.6 Å². The predicted octanol–water partition coefficient (Wildman–Crippen LogP) is 0.505. The van der Waals surface area contributed by atoms with Crippen LogP contribution in [0.3, 0.4) is 0 Å². The van der Waals surface area contributed by atoms with Crippen LogP contribution < -0.4 is 0 Å². The zero-order valence-electron chi connectivity index (χ0n) is 6.25. The van der Waals surface area contributed by atoms with Gasteiger partial charge >= 0.3 is 0 Å². The van der Waals surface area contributed by atoms with E-state index in [2.05, 4.69) is 0 Å². The van der Waals surface area contributed by atoms with Crippen LogP contribution in [0.25, 0.3) is 0 Å². The average molecular weight is 179 g/mol. The Morgan fingerprint density at radius 3 is 2.64 bits per heavy atom. The Balaban J connectivity index is 2.73. The maximum atomic E-state index is 12.5. The summed E-state index contributed by atoms with van der Waals surface area (Å²) in [6.07, 6.45) is 2.98. The smallest absolute Gasteiger partial charge is 0.211 e. The largest absolute Gasteiger partial charge is 0.212 e. The van der Waals surface area contributed by atoms with Crippen LogP contribution in [-0.2, 0) is 10.0 Å². The van der Waals surface area contributed by atoms with E-state index in [1.165, 1.54) is 6.08 Å². The van der Waals surface area contributed by atoms with E-state index in [-0.39, 0.29) is 12.4 Å². The molecular formula is C6H10FNO2S. The van der Waals surface area contributed by atoms with Gasteiger partial charge in [0.05, 0.1) is 12.8 Å². The number of hydrogen-bond acceptors (Lipinski definition) is 2. The number of halogens is 1. The topological polar surface area (TPSA) is 37.4 Å². The van der Waals surface area contributed by atoms with E-state index >= 15 is 0 Å². The minimum Gasteiger partial charge on any atom is -0.212 e. The van der Waals surface area contributed by atoms with Crippen LogP contribution in [0.5, 0.6) is 0 Å². The Bertz CT molecular complexity index is 270. The van der Waals surface area contributed by atoms with Crippen LogP contribution >= 0.6 is 0 Å². The third kappa shape index (κ3) is 2.27. The van der Waals surface area contributed by atoms with Gasteiger partial charge in [0.2, 0.25) is 10.0 Å². The van der Waals surface area contributed by atoms with Crippen molar-refractivity contribution in [3.63, 3.8) is 0 Å². The van der Waals surface area contributed by atoms with Crippen LogP contribution in [0.15, 0.2) is 11.9 Å². The Morgan fingerprint density at radius 1 is 1.64 bits per heavy atom. The fourth-order valence-corrected chi connectivity index (χ4v) is 1.76. The van der Waals surface area contributed by atoms with E-state index in [1.807, 2.05) is 0 Å². The third-order valence-electron chi connectivity index (χ3n) is 1.54. The lowest BCUT2D eigenvalue weighted by Gasteiger charge is -2.21. The highest BCUT2D eigenvalue weighted by molar-refractivity contribution is 7.88. The van der Waals surface area contributed by atoms with E-state index in [1.54, 1.807) is 0 Å². The van der Waals surface area contributed by atoms with Crippen molar-refractivity contribution in [1.82, 2.24) is 4.31 Å². The van der Waals surface area contributed by atoms with E-state index < -0.39 is 10.0 Å². The Kier molecular flexibility index (Phi) is 2.29. The Hall–Kier alpha value is -0.420. The minimum atomic E-state index is -3.21. The van der Waals surface area contributed by atoms with Gasteiger partial charge in [-0.1, -0.05) is 6.08 Å². The van der Waals surface area contributed by atoms with Crippen molar-refractivity contribution in [1.29, 1.82) is 0 Å². The molecule has 1 aliphatic heterocycles. The molecule has 0 unspecified atom stereocenters. The van der Waals surface area contributed by atoms with Gasteiger partial charge in [-0.25, -0.2) is 12.8 Å². The number of hydrogen-bond donors (Lipinski definition) is 0. The third-order valence-corrected chi connectivity index (χ3v) is 2.79. The van der Waals surface area contributed by atoms with Crippen LogP contribution in [0.4, 0.5) is 4.39 Å². The van der Waals surface area contributed by atoms with Crippen molar-refractivity contribution < 1.29 is 12.8 Å². The molecule has 0 radical (unpaired) electrons. The molecule has 0 aromatic rings. The summed E-state index contributed by atoms with van der Waals surface area (Å²) < 4.78 is 35.4. The summed E-state index contributed by atoms with van der Waals surface area (Å²) in [5.74, 6) is -0.360. The monoisotopic (exact) mass is 179 g/mol. The first-order valence-corrected chi connectivity index (χ1v) is 5.14. The number of sulfonamides is 1. The molecule has 0 saturated carbocycles. The molecule has 1 heterocycles. The molecule has 0 bridgehead atoms. The second kappa shape index (κ2) is 2.91. The van der Waals surface area contributed by atoms with E-state index in [9.17, 15) is 12.8 Å². The SMILES string of the molecule is CS(=O)(=O)N1CCC=C(F)C1. The molecule has 0 aromatic heterocycles. The summed E-state index contributed by atoms with van der Waals surface area (Å²) in [5, 5.41) is 0. The van der Waals surface area contributed by atoms with Crippen LogP contribution in [0.2, 0.25) is 0 Å². The van der Waals surface area contributed by atoms with Crippen molar-refractivity contribution >= 4 is 10.0 Å². The van der Waals surface area contributed by atoms with Gasteiger partial charge < -0.3 is 0 Å². The van der Waals surface area contributed by atoms with Gasteiger partial charge in [-0.3, -0.25) is 0 Å². The first-order valence-electron chi connectivity index (χ1n) is 3.30. The second-order valence-electron chi connectivity index (χ2n) is 2.54. The molecule has 0 saturated heterocycles. The average Bonchev–Trinajstić information content (AvgIpc) is 1.86. The van der Waals surface area contributed by atoms with Crippen LogP contribution in [0.1, 0.15) is 6.42 Å². The maximum absolute atomic E-state index is 12.5. The molecule has 0 fully saturated rings. The van der Waals surface area contributed by atoms with Gasteiger partial charge in [0, 0.05) is 6.54 Å². The molecular weight excluding hydrogens is 169 g/mol. The zero-order valence-corrected chi connectivity index (χ0v) is 7.07. The van der Waals surface area contributed by atoms with Crippen molar-refractivity contribution in [2.24, 2.45) is 0 Å².